The molecule has 0 heterocycles. The smallest absolute Gasteiger partial charge is 0.410 e. The van der Waals surface area contributed by atoms with E-state index in [-0.39, 0.29) is 11.5 Å². The fourth-order valence-electron chi connectivity index (χ4n) is 1.35. The molecule has 0 aliphatic heterocycles. The van der Waals surface area contributed by atoms with E-state index in [0.717, 1.165) is 0 Å². The van der Waals surface area contributed by atoms with Crippen LogP contribution in [0.1, 0.15) is 26.3 Å². The minimum Gasteiger partial charge on any atom is -0.504 e. The molecule has 5 nitrogen and oxygen atoms in total. The fourth-order valence-corrected chi connectivity index (χ4v) is 1.35. The molecule has 0 aliphatic carbocycles. The van der Waals surface area contributed by atoms with Crippen LogP contribution in [0.4, 0.5) is 4.79 Å². The number of rotatable bonds is 2. The van der Waals surface area contributed by atoms with Crippen molar-refractivity contribution in [3.05, 3.63) is 23.8 Å². The molecule has 100 valence electrons. The molecule has 0 aromatic heterocycles. The molecule has 0 saturated heterocycles. The lowest BCUT2D eigenvalue weighted by Gasteiger charge is -2.24. The van der Waals surface area contributed by atoms with Gasteiger partial charge in [-0.15, -0.1) is 0 Å². The van der Waals surface area contributed by atoms with Crippen molar-refractivity contribution in [1.82, 2.24) is 4.90 Å². The summed E-state index contributed by atoms with van der Waals surface area (Å²) in [5.74, 6) is -0.385. The van der Waals surface area contributed by atoms with Crippen LogP contribution in [-0.2, 0) is 11.3 Å². The molecule has 1 amide bonds. The number of amides is 1. The summed E-state index contributed by atoms with van der Waals surface area (Å²) in [6, 6.07) is 4.43. The predicted molar refractivity (Wildman–Crippen MR) is 67.5 cm³/mol. The summed E-state index contributed by atoms with van der Waals surface area (Å²) in [6.07, 6.45) is -0.435. The van der Waals surface area contributed by atoms with Crippen LogP contribution in [0, 0.1) is 0 Å². The molecule has 0 aliphatic rings. The highest BCUT2D eigenvalue weighted by Crippen LogP contribution is 2.25. The van der Waals surface area contributed by atoms with E-state index in [1.165, 1.54) is 17.0 Å². The van der Waals surface area contributed by atoms with Crippen molar-refractivity contribution < 1.29 is 19.7 Å². The summed E-state index contributed by atoms with van der Waals surface area (Å²) in [5.41, 5.74) is 0.168. The Morgan fingerprint density at radius 2 is 1.89 bits per heavy atom. The van der Waals surface area contributed by atoms with Crippen LogP contribution in [0.3, 0.4) is 0 Å². The van der Waals surface area contributed by atoms with Crippen LogP contribution >= 0.6 is 0 Å². The van der Waals surface area contributed by atoms with Crippen LogP contribution in [0.5, 0.6) is 11.5 Å². The molecule has 2 N–H and O–H groups in total. The average Bonchev–Trinajstić information content (AvgIpc) is 2.21. The molecule has 0 unspecified atom stereocenters. The highest BCUT2D eigenvalue weighted by atomic mass is 16.6. The molecular formula is C13H19NO4. The minimum absolute atomic E-state index is 0.182. The quantitative estimate of drug-likeness (QED) is 0.794. The molecule has 5 heteroatoms. The van der Waals surface area contributed by atoms with Gasteiger partial charge in [-0.1, -0.05) is 6.07 Å². The first-order valence-electron chi connectivity index (χ1n) is 5.64. The van der Waals surface area contributed by atoms with Crippen LogP contribution in [0.25, 0.3) is 0 Å². The molecule has 1 aromatic rings. The number of phenols is 2. The molecule has 0 bridgehead atoms. The maximum atomic E-state index is 11.7. The lowest BCUT2D eigenvalue weighted by atomic mass is 10.2. The van der Waals surface area contributed by atoms with Gasteiger partial charge in [-0.25, -0.2) is 4.79 Å². The van der Waals surface area contributed by atoms with Gasteiger partial charge in [0.1, 0.15) is 5.60 Å². The summed E-state index contributed by atoms with van der Waals surface area (Å²) < 4.78 is 5.20. The maximum absolute atomic E-state index is 11.7. The van der Waals surface area contributed by atoms with Gasteiger partial charge in [-0.3, -0.25) is 0 Å². The van der Waals surface area contributed by atoms with E-state index in [2.05, 4.69) is 0 Å². The zero-order valence-corrected chi connectivity index (χ0v) is 11.1. The van der Waals surface area contributed by atoms with Crippen LogP contribution in [0.2, 0.25) is 0 Å². The molecule has 18 heavy (non-hydrogen) atoms. The Balaban J connectivity index is 2.66. The van der Waals surface area contributed by atoms with Gasteiger partial charge in [0, 0.05) is 13.6 Å². The number of hydrogen-bond donors (Lipinski definition) is 2. The number of benzene rings is 1. The van der Waals surface area contributed by atoms with Crippen molar-refractivity contribution in [3.8, 4) is 11.5 Å². The second-order valence-corrected chi connectivity index (χ2v) is 5.16. The van der Waals surface area contributed by atoms with Crippen molar-refractivity contribution in [2.75, 3.05) is 7.05 Å². The Bertz CT molecular complexity index is 437. The van der Waals surface area contributed by atoms with E-state index in [9.17, 15) is 15.0 Å². The lowest BCUT2D eigenvalue weighted by Crippen LogP contribution is -2.33. The van der Waals surface area contributed by atoms with Crippen molar-refractivity contribution in [1.29, 1.82) is 0 Å². The van der Waals surface area contributed by atoms with Crippen LogP contribution in [-0.4, -0.2) is 33.9 Å². The molecule has 0 fully saturated rings. The van der Waals surface area contributed by atoms with E-state index >= 15 is 0 Å². The third-order valence-electron chi connectivity index (χ3n) is 2.16. The van der Waals surface area contributed by atoms with Gasteiger partial charge in [0.2, 0.25) is 0 Å². The number of nitrogens with zero attached hydrogens (tertiary/aromatic N) is 1. The van der Waals surface area contributed by atoms with Crippen molar-refractivity contribution in [2.24, 2.45) is 0 Å². The summed E-state index contributed by atoms with van der Waals surface area (Å²) in [4.78, 5) is 13.1. The Kier molecular flexibility index (Phi) is 4.06. The number of carbonyl (C=O) groups is 1. The van der Waals surface area contributed by atoms with E-state index < -0.39 is 11.7 Å². The Morgan fingerprint density at radius 1 is 1.28 bits per heavy atom. The number of hydrogen-bond acceptors (Lipinski definition) is 4. The van der Waals surface area contributed by atoms with Gasteiger partial charge in [0.05, 0.1) is 0 Å². The van der Waals surface area contributed by atoms with Crippen molar-refractivity contribution in [3.63, 3.8) is 0 Å². The number of carbonyl (C=O) groups excluding carboxylic acids is 1. The predicted octanol–water partition coefficient (Wildman–Crippen LogP) is 2.46. The average molecular weight is 253 g/mol. The normalized spacial score (nSPS) is 11.1. The molecule has 0 radical (unpaired) electrons. The van der Waals surface area contributed by atoms with Crippen molar-refractivity contribution in [2.45, 2.75) is 32.9 Å². The Labute approximate surface area is 107 Å². The van der Waals surface area contributed by atoms with Gasteiger partial charge >= 0.3 is 6.09 Å². The highest BCUT2D eigenvalue weighted by Gasteiger charge is 2.19. The molecule has 1 aromatic carbocycles. The van der Waals surface area contributed by atoms with Crippen LogP contribution < -0.4 is 0 Å². The van der Waals surface area contributed by atoms with E-state index in [4.69, 9.17) is 4.74 Å². The fraction of sp³-hybridized carbons (Fsp3) is 0.462. The van der Waals surface area contributed by atoms with E-state index in [1.807, 2.05) is 0 Å². The summed E-state index contributed by atoms with van der Waals surface area (Å²) in [7, 11) is 1.61. The zero-order chi connectivity index (χ0) is 13.9. The van der Waals surface area contributed by atoms with Crippen LogP contribution in [0.15, 0.2) is 18.2 Å². The first-order chi connectivity index (χ1) is 8.19. The number of phenolic OH excluding ortho intramolecular Hbond substituents is 2. The Hall–Kier alpha value is -1.91. The minimum atomic E-state index is -0.539. The second kappa shape index (κ2) is 5.16. The zero-order valence-electron chi connectivity index (χ0n) is 11.1. The van der Waals surface area contributed by atoms with Gasteiger partial charge in [0.15, 0.2) is 11.5 Å². The maximum Gasteiger partial charge on any atom is 0.410 e. The summed E-state index contributed by atoms with van der Waals surface area (Å²) in [5, 5.41) is 18.5. The molecule has 1 rings (SSSR count). The molecular weight excluding hydrogens is 234 g/mol. The third kappa shape index (κ3) is 4.16. The first kappa shape index (κ1) is 14.2. The third-order valence-corrected chi connectivity index (χ3v) is 2.16. The first-order valence-corrected chi connectivity index (χ1v) is 5.64. The molecule has 0 atom stereocenters. The summed E-state index contributed by atoms with van der Waals surface area (Å²) >= 11 is 0. The van der Waals surface area contributed by atoms with Gasteiger partial charge in [-0.2, -0.15) is 0 Å². The number of aromatic hydroxyl groups is 2. The summed E-state index contributed by atoms with van der Waals surface area (Å²) in [6.45, 7) is 5.68. The van der Waals surface area contributed by atoms with E-state index in [0.29, 0.717) is 12.1 Å². The van der Waals surface area contributed by atoms with Crippen molar-refractivity contribution >= 4 is 6.09 Å². The SMILES string of the molecule is CN(Cc1ccc(O)c(O)c1)C(=O)OC(C)(C)C. The largest absolute Gasteiger partial charge is 0.504 e. The van der Waals surface area contributed by atoms with E-state index in [1.54, 1.807) is 33.9 Å². The molecule has 0 spiro atoms. The monoisotopic (exact) mass is 253 g/mol. The standard InChI is InChI=1S/C13H19NO4/c1-13(2,3)18-12(17)14(4)8-9-5-6-10(15)11(16)7-9/h5-7,15-16H,8H2,1-4H3. The van der Waals surface area contributed by atoms with Gasteiger partial charge in [-0.05, 0) is 38.5 Å². The Morgan fingerprint density at radius 3 is 2.39 bits per heavy atom. The van der Waals surface area contributed by atoms with Gasteiger partial charge < -0.3 is 19.8 Å². The number of ether oxygens (including phenoxy) is 1. The highest BCUT2D eigenvalue weighted by molar-refractivity contribution is 5.67. The van der Waals surface area contributed by atoms with Gasteiger partial charge in [0.25, 0.3) is 0 Å². The topological polar surface area (TPSA) is 70.0 Å². The second-order valence-electron chi connectivity index (χ2n) is 5.16. The molecule has 0 saturated carbocycles. The lowest BCUT2D eigenvalue weighted by molar-refractivity contribution is 0.0285.